The highest BCUT2D eigenvalue weighted by atomic mass is 19.1. The number of amides is 1. The van der Waals surface area contributed by atoms with Crippen LogP contribution in [0.5, 0.6) is 0 Å². The summed E-state index contributed by atoms with van der Waals surface area (Å²) in [7, 11) is 0. The van der Waals surface area contributed by atoms with Gasteiger partial charge < -0.3 is 5.11 Å². The quantitative estimate of drug-likeness (QED) is 0.432. The summed E-state index contributed by atoms with van der Waals surface area (Å²) in [5, 5.41) is 10.8. The Balaban J connectivity index is 1.96. The van der Waals surface area contributed by atoms with Crippen molar-refractivity contribution in [3.8, 4) is 0 Å². The van der Waals surface area contributed by atoms with Gasteiger partial charge in [0.2, 0.25) is 5.95 Å². The molecule has 2 heterocycles. The summed E-state index contributed by atoms with van der Waals surface area (Å²) in [6.07, 6.45) is 2.86. The lowest BCUT2D eigenvalue weighted by molar-refractivity contribution is -0.132. The predicted octanol–water partition coefficient (Wildman–Crippen LogP) is 3.24. The van der Waals surface area contributed by atoms with E-state index in [1.165, 1.54) is 30.6 Å². The zero-order valence-electron chi connectivity index (χ0n) is 14.5. The van der Waals surface area contributed by atoms with E-state index in [0.29, 0.717) is 11.1 Å². The summed E-state index contributed by atoms with van der Waals surface area (Å²) in [6.45, 7) is 0. The molecule has 0 spiro atoms. The molecule has 1 saturated heterocycles. The first-order valence-corrected chi connectivity index (χ1v) is 8.47. The van der Waals surface area contributed by atoms with E-state index >= 15 is 0 Å². The number of hydrogen-bond donors (Lipinski definition) is 1. The number of aliphatic hydroxyl groups is 1. The van der Waals surface area contributed by atoms with Crippen molar-refractivity contribution in [2.24, 2.45) is 0 Å². The van der Waals surface area contributed by atoms with Crippen LogP contribution in [-0.2, 0) is 9.59 Å². The van der Waals surface area contributed by atoms with Gasteiger partial charge in [-0.05, 0) is 23.8 Å². The van der Waals surface area contributed by atoms with E-state index in [1.807, 2.05) is 0 Å². The monoisotopic (exact) mass is 375 g/mol. The number of carbonyl (C=O) groups is 2. The third kappa shape index (κ3) is 2.92. The van der Waals surface area contributed by atoms with E-state index < -0.39 is 23.5 Å². The van der Waals surface area contributed by atoms with Gasteiger partial charge >= 0.3 is 5.91 Å². The van der Waals surface area contributed by atoms with Crippen LogP contribution >= 0.6 is 0 Å². The van der Waals surface area contributed by atoms with Gasteiger partial charge in [0.15, 0.2) is 0 Å². The molecule has 0 unspecified atom stereocenters. The molecule has 3 aromatic rings. The lowest BCUT2D eigenvalue weighted by Gasteiger charge is -2.23. The maximum atomic E-state index is 13.9. The summed E-state index contributed by atoms with van der Waals surface area (Å²) in [5.41, 5.74) is 0.550. The Bertz CT molecular complexity index is 1080. The molecule has 1 atom stereocenters. The first-order valence-electron chi connectivity index (χ1n) is 8.47. The molecule has 1 aliphatic rings. The van der Waals surface area contributed by atoms with Crippen LogP contribution in [0.3, 0.4) is 0 Å². The number of rotatable bonds is 3. The molecule has 28 heavy (non-hydrogen) atoms. The van der Waals surface area contributed by atoms with Gasteiger partial charge in [-0.15, -0.1) is 0 Å². The highest BCUT2D eigenvalue weighted by Crippen LogP contribution is 2.40. The van der Waals surface area contributed by atoms with Gasteiger partial charge in [0, 0.05) is 18.0 Å². The minimum atomic E-state index is -1.06. The van der Waals surface area contributed by atoms with E-state index in [4.69, 9.17) is 0 Å². The van der Waals surface area contributed by atoms with E-state index in [9.17, 15) is 19.1 Å². The number of Topliss-reactive ketones (excluding diaryl/α,β-unsaturated/α-hetero) is 1. The Morgan fingerprint density at radius 2 is 1.68 bits per heavy atom. The number of aromatic nitrogens is 2. The van der Waals surface area contributed by atoms with E-state index in [0.717, 1.165) is 4.90 Å². The molecule has 1 amide bonds. The topological polar surface area (TPSA) is 83.4 Å². The fraction of sp³-hybridized carbons (Fsp3) is 0.0476. The van der Waals surface area contributed by atoms with E-state index in [2.05, 4.69) is 9.97 Å². The van der Waals surface area contributed by atoms with Crippen molar-refractivity contribution in [3.05, 3.63) is 95.6 Å². The highest BCUT2D eigenvalue weighted by Gasteiger charge is 2.48. The van der Waals surface area contributed by atoms with Crippen LogP contribution in [0.2, 0.25) is 0 Å². The van der Waals surface area contributed by atoms with Gasteiger partial charge in [0.1, 0.15) is 11.6 Å². The standard InChI is InChI=1S/C21H14FN3O3/c22-15-9-4-8-14(12-15)17-16(18(26)13-6-2-1-3-7-13)19(27)20(28)25(17)21-23-10-5-11-24-21/h1-12,17,26H/t17-/m1/s1. The van der Waals surface area contributed by atoms with E-state index in [-0.39, 0.29) is 17.3 Å². The van der Waals surface area contributed by atoms with Crippen LogP contribution in [0.15, 0.2) is 78.6 Å². The average molecular weight is 375 g/mol. The van der Waals surface area contributed by atoms with Gasteiger partial charge in [0.05, 0.1) is 11.6 Å². The molecule has 1 N–H and O–H groups in total. The summed E-state index contributed by atoms with van der Waals surface area (Å²) in [4.78, 5) is 34.8. The van der Waals surface area contributed by atoms with Crippen LogP contribution in [0.1, 0.15) is 17.2 Å². The van der Waals surface area contributed by atoms with Crippen molar-refractivity contribution in [2.45, 2.75) is 6.04 Å². The second kappa shape index (κ2) is 7.03. The molecule has 4 rings (SSSR count). The third-order valence-corrected chi connectivity index (χ3v) is 4.42. The Kier molecular flexibility index (Phi) is 4.41. The highest BCUT2D eigenvalue weighted by molar-refractivity contribution is 6.51. The number of nitrogens with zero attached hydrogens (tertiary/aromatic N) is 3. The number of carbonyl (C=O) groups excluding carboxylic acids is 2. The largest absolute Gasteiger partial charge is 0.507 e. The molecule has 0 radical (unpaired) electrons. The van der Waals surface area contributed by atoms with Crippen LogP contribution in [0.4, 0.5) is 10.3 Å². The lowest BCUT2D eigenvalue weighted by atomic mass is 9.95. The van der Waals surface area contributed by atoms with Crippen molar-refractivity contribution in [1.82, 2.24) is 9.97 Å². The Labute approximate surface area is 159 Å². The molecular weight excluding hydrogens is 361 g/mol. The number of hydrogen-bond acceptors (Lipinski definition) is 5. The minimum Gasteiger partial charge on any atom is -0.507 e. The Morgan fingerprint density at radius 3 is 2.36 bits per heavy atom. The first kappa shape index (κ1) is 17.5. The molecule has 0 saturated carbocycles. The second-order valence-corrected chi connectivity index (χ2v) is 6.14. The molecule has 6 nitrogen and oxygen atoms in total. The lowest BCUT2D eigenvalue weighted by Crippen LogP contribution is -2.31. The zero-order chi connectivity index (χ0) is 19.7. The molecule has 7 heteroatoms. The second-order valence-electron chi connectivity index (χ2n) is 6.14. The summed E-state index contributed by atoms with van der Waals surface area (Å²) in [6, 6.07) is 14.4. The maximum Gasteiger partial charge on any atom is 0.302 e. The number of ketones is 1. The zero-order valence-corrected chi connectivity index (χ0v) is 14.5. The van der Waals surface area contributed by atoms with Crippen molar-refractivity contribution < 1.29 is 19.1 Å². The first-order chi connectivity index (χ1) is 13.6. The van der Waals surface area contributed by atoms with Gasteiger partial charge in [0.25, 0.3) is 5.78 Å². The van der Waals surface area contributed by atoms with Crippen molar-refractivity contribution in [1.29, 1.82) is 0 Å². The van der Waals surface area contributed by atoms with Gasteiger partial charge in [-0.2, -0.15) is 0 Å². The summed E-state index contributed by atoms with van der Waals surface area (Å²) >= 11 is 0. The van der Waals surface area contributed by atoms with Crippen molar-refractivity contribution in [3.63, 3.8) is 0 Å². The normalized spacial score (nSPS) is 18.5. The minimum absolute atomic E-state index is 0.00836. The Morgan fingerprint density at radius 1 is 0.964 bits per heavy atom. The molecule has 0 aliphatic carbocycles. The molecule has 1 fully saturated rings. The maximum absolute atomic E-state index is 13.9. The smallest absolute Gasteiger partial charge is 0.302 e. The van der Waals surface area contributed by atoms with Crippen molar-refractivity contribution >= 4 is 23.4 Å². The number of benzene rings is 2. The predicted molar refractivity (Wildman–Crippen MR) is 99.7 cm³/mol. The van der Waals surface area contributed by atoms with Crippen LogP contribution in [0.25, 0.3) is 5.76 Å². The molecule has 138 valence electrons. The van der Waals surface area contributed by atoms with Crippen molar-refractivity contribution in [2.75, 3.05) is 4.90 Å². The molecule has 1 aromatic heterocycles. The molecule has 0 bridgehead atoms. The number of halogens is 1. The third-order valence-electron chi connectivity index (χ3n) is 4.42. The Hall–Kier alpha value is -3.87. The molecule has 1 aliphatic heterocycles. The van der Waals surface area contributed by atoms with Gasteiger partial charge in [-0.3, -0.25) is 14.5 Å². The summed E-state index contributed by atoms with van der Waals surface area (Å²) in [5.74, 6) is -2.66. The van der Waals surface area contributed by atoms with E-state index in [1.54, 1.807) is 42.5 Å². The number of anilines is 1. The molecule has 2 aromatic carbocycles. The summed E-state index contributed by atoms with van der Waals surface area (Å²) < 4.78 is 13.9. The van der Waals surface area contributed by atoms with Crippen LogP contribution in [0, 0.1) is 5.82 Å². The molecular formula is C21H14FN3O3. The van der Waals surface area contributed by atoms with Gasteiger partial charge in [-0.25, -0.2) is 14.4 Å². The average Bonchev–Trinajstić information content (AvgIpc) is 3.00. The SMILES string of the molecule is O=C1C(=O)N(c2ncccn2)[C@H](c2cccc(F)c2)C1=C(O)c1ccccc1. The fourth-order valence-electron chi connectivity index (χ4n) is 3.20. The van der Waals surface area contributed by atoms with Gasteiger partial charge in [-0.1, -0.05) is 42.5 Å². The number of aliphatic hydroxyl groups excluding tert-OH is 1. The van der Waals surface area contributed by atoms with Crippen LogP contribution < -0.4 is 4.90 Å². The van der Waals surface area contributed by atoms with Crippen LogP contribution in [-0.4, -0.2) is 26.8 Å². The fourth-order valence-corrected chi connectivity index (χ4v) is 3.20.